The molecule has 0 saturated carbocycles. The van der Waals surface area contributed by atoms with Crippen LogP contribution in [0.2, 0.25) is 0 Å². The van der Waals surface area contributed by atoms with Crippen molar-refractivity contribution in [3.8, 4) is 55.9 Å². The van der Waals surface area contributed by atoms with Gasteiger partial charge >= 0.3 is 0 Å². The number of pyridine rings is 2. The van der Waals surface area contributed by atoms with E-state index in [1.807, 2.05) is 19.1 Å². The van der Waals surface area contributed by atoms with Gasteiger partial charge in [-0.3, -0.25) is 9.38 Å². The molecule has 0 saturated heterocycles. The number of rotatable bonds is 11. The Bertz CT molecular complexity index is 3340. The minimum Gasteiger partial charge on any atom is -0.311 e. The van der Waals surface area contributed by atoms with E-state index in [4.69, 9.17) is 9.97 Å². The largest absolute Gasteiger partial charge is 0.311 e. The molecule has 0 radical (unpaired) electrons. The molecule has 0 atom stereocenters. The molecule has 0 bridgehead atoms. The maximum absolute atomic E-state index is 5.07. The van der Waals surface area contributed by atoms with Crippen LogP contribution in [0, 0.1) is 13.8 Å². The topological polar surface area (TPSA) is 36.7 Å². The van der Waals surface area contributed by atoms with Crippen molar-refractivity contribution in [3.05, 3.63) is 260 Å². The van der Waals surface area contributed by atoms with Crippen LogP contribution in [0.1, 0.15) is 11.4 Å². The van der Waals surface area contributed by atoms with E-state index in [9.17, 15) is 0 Å². The number of hydrogen-bond acceptors (Lipinski definition) is 4. The molecule has 3 aromatic heterocycles. The van der Waals surface area contributed by atoms with Crippen molar-refractivity contribution < 1.29 is 0 Å². The smallest absolute Gasteiger partial charge is 0.137 e. The van der Waals surface area contributed by atoms with Gasteiger partial charge in [-0.1, -0.05) is 158 Å². The van der Waals surface area contributed by atoms with E-state index in [1.165, 1.54) is 22.3 Å². The Hall–Kier alpha value is -8.80. The van der Waals surface area contributed by atoms with Crippen LogP contribution >= 0.6 is 0 Å². The van der Waals surface area contributed by atoms with Crippen molar-refractivity contribution in [2.24, 2.45) is 0 Å². The van der Waals surface area contributed by atoms with Gasteiger partial charge in [0.1, 0.15) is 5.65 Å². The molecule has 0 aliphatic rings. The zero-order chi connectivity index (χ0) is 45.1. The maximum atomic E-state index is 5.07. The van der Waals surface area contributed by atoms with Crippen LogP contribution in [0.25, 0.3) is 61.5 Å². The summed E-state index contributed by atoms with van der Waals surface area (Å²) in [6.07, 6.45) is 2.09. The molecule has 67 heavy (non-hydrogen) atoms. The van der Waals surface area contributed by atoms with Crippen molar-refractivity contribution in [2.45, 2.75) is 13.8 Å². The Morgan fingerprint density at radius 3 is 1.12 bits per heavy atom. The fourth-order valence-electron chi connectivity index (χ4n) is 9.10. The van der Waals surface area contributed by atoms with Crippen LogP contribution in [0.5, 0.6) is 0 Å². The van der Waals surface area contributed by atoms with Crippen molar-refractivity contribution in [1.29, 1.82) is 0 Å². The highest BCUT2D eigenvalue weighted by Gasteiger charge is 2.20. The molecular weight excluding hydrogens is 815 g/mol. The fraction of sp³-hybridized carbons (Fsp3) is 0.0323. The normalized spacial score (nSPS) is 11.1. The van der Waals surface area contributed by atoms with Gasteiger partial charge in [0.2, 0.25) is 0 Å². The summed E-state index contributed by atoms with van der Waals surface area (Å²) in [5, 5.41) is 0. The number of fused-ring (bicyclic) bond motifs is 1. The number of hydrogen-bond donors (Lipinski definition) is 0. The van der Waals surface area contributed by atoms with Gasteiger partial charge in [0.25, 0.3) is 0 Å². The summed E-state index contributed by atoms with van der Waals surface area (Å²) in [5.74, 6) is 0. The molecule has 5 heteroatoms. The fourth-order valence-corrected chi connectivity index (χ4v) is 9.10. The molecule has 11 aromatic rings. The number of aryl methyl sites for hydroxylation is 2. The molecule has 5 nitrogen and oxygen atoms in total. The first-order valence-electron chi connectivity index (χ1n) is 22.7. The lowest BCUT2D eigenvalue weighted by Gasteiger charge is -2.27. The van der Waals surface area contributed by atoms with E-state index in [-0.39, 0.29) is 0 Å². The first-order valence-corrected chi connectivity index (χ1v) is 22.7. The maximum Gasteiger partial charge on any atom is 0.137 e. The second-order valence-corrected chi connectivity index (χ2v) is 16.8. The molecule has 320 valence electrons. The molecule has 0 N–H and O–H groups in total. The molecule has 0 unspecified atom stereocenters. The van der Waals surface area contributed by atoms with Gasteiger partial charge in [-0.2, -0.15) is 0 Å². The Balaban J connectivity index is 0.916. The zero-order valence-corrected chi connectivity index (χ0v) is 37.4. The monoisotopic (exact) mass is 861 g/mol. The summed E-state index contributed by atoms with van der Waals surface area (Å²) >= 11 is 0. The third-order valence-electron chi connectivity index (χ3n) is 12.5. The molecule has 3 heterocycles. The number of aromatic nitrogens is 3. The van der Waals surface area contributed by atoms with E-state index >= 15 is 0 Å². The molecule has 0 spiro atoms. The lowest BCUT2D eigenvalue weighted by molar-refractivity contribution is 1.10. The van der Waals surface area contributed by atoms with Crippen molar-refractivity contribution in [3.63, 3.8) is 0 Å². The minimum absolute atomic E-state index is 0.915. The van der Waals surface area contributed by atoms with Gasteiger partial charge in [-0.25, -0.2) is 4.98 Å². The molecule has 8 aromatic carbocycles. The van der Waals surface area contributed by atoms with Crippen LogP contribution < -0.4 is 9.80 Å². The highest BCUT2D eigenvalue weighted by Crippen LogP contribution is 2.41. The summed E-state index contributed by atoms with van der Waals surface area (Å²) in [6, 6.07) is 86.2. The van der Waals surface area contributed by atoms with Crippen LogP contribution in [0.4, 0.5) is 34.1 Å². The summed E-state index contributed by atoms with van der Waals surface area (Å²) in [5.41, 5.74) is 20.5. The summed E-state index contributed by atoms with van der Waals surface area (Å²) in [6.45, 7) is 4.13. The van der Waals surface area contributed by atoms with Crippen LogP contribution in [0.15, 0.2) is 249 Å². The number of imidazole rings is 1. The van der Waals surface area contributed by atoms with Gasteiger partial charge in [0, 0.05) is 51.5 Å². The van der Waals surface area contributed by atoms with Crippen molar-refractivity contribution in [1.82, 2.24) is 14.4 Å². The number of nitrogens with zero attached hydrogens (tertiary/aromatic N) is 5. The number of anilines is 6. The quantitative estimate of drug-likeness (QED) is 0.130. The lowest BCUT2D eigenvalue weighted by atomic mass is 10.0. The van der Waals surface area contributed by atoms with Gasteiger partial charge < -0.3 is 9.80 Å². The van der Waals surface area contributed by atoms with Crippen LogP contribution in [-0.4, -0.2) is 14.4 Å². The van der Waals surface area contributed by atoms with Gasteiger partial charge in [-0.15, -0.1) is 0 Å². The SMILES string of the molecule is Cc1ccc(N(c2ccc(-c3ccc(N(c4ccc(-c5ccccc5)cc4)c4ccc(-c5ccccc5)cc4)cc3)cc2)c2ccc(-c3c(-c4ccccc4)nc4ccccn34)cc2)c(C)n1. The Labute approximate surface area is 392 Å². The lowest BCUT2D eigenvalue weighted by Crippen LogP contribution is -2.12. The molecule has 11 rings (SSSR count). The van der Waals surface area contributed by atoms with Gasteiger partial charge in [0.15, 0.2) is 0 Å². The second kappa shape index (κ2) is 18.0. The summed E-state index contributed by atoms with van der Waals surface area (Å²) in [4.78, 5) is 14.6. The second-order valence-electron chi connectivity index (χ2n) is 16.8. The average molecular weight is 862 g/mol. The Morgan fingerprint density at radius 1 is 0.313 bits per heavy atom. The predicted molar refractivity (Wildman–Crippen MR) is 279 cm³/mol. The first kappa shape index (κ1) is 40.9. The highest BCUT2D eigenvalue weighted by molar-refractivity contribution is 5.86. The summed E-state index contributed by atoms with van der Waals surface area (Å²) in [7, 11) is 0. The Kier molecular flexibility index (Phi) is 11.0. The molecule has 0 aliphatic carbocycles. The average Bonchev–Trinajstić information content (AvgIpc) is 3.79. The first-order chi connectivity index (χ1) is 33.0. The third kappa shape index (κ3) is 8.27. The molecule has 0 aliphatic heterocycles. The van der Waals surface area contributed by atoms with E-state index in [0.717, 1.165) is 84.8 Å². The third-order valence-corrected chi connectivity index (χ3v) is 12.5. The summed E-state index contributed by atoms with van der Waals surface area (Å²) < 4.78 is 2.18. The van der Waals surface area contributed by atoms with Gasteiger partial charge in [0.05, 0.1) is 22.8 Å². The van der Waals surface area contributed by atoms with Crippen LogP contribution in [-0.2, 0) is 0 Å². The highest BCUT2D eigenvalue weighted by atomic mass is 15.2. The number of benzene rings is 8. The molecule has 0 fully saturated rings. The van der Waals surface area contributed by atoms with Crippen molar-refractivity contribution in [2.75, 3.05) is 9.80 Å². The standard InChI is InChI=1S/C62H47N5/c1-44-21-42-59(45(2)63-44)67(58-40-30-53(31-41-58)62-61(52-18-10-5-11-19-52)64-60-20-12-13-43-65(60)62)57-38-28-51(29-39-57)50-26-36-56(37-27-50)66(54-32-22-48(23-33-54)46-14-6-3-7-15-46)55-34-24-49(25-35-55)47-16-8-4-9-17-47/h3-43H,1-2H3. The predicted octanol–water partition coefficient (Wildman–Crippen LogP) is 16.6. The van der Waals surface area contributed by atoms with Gasteiger partial charge in [-0.05, 0) is 132 Å². The minimum atomic E-state index is 0.915. The molecule has 0 amide bonds. The van der Waals surface area contributed by atoms with E-state index in [2.05, 4.69) is 258 Å². The van der Waals surface area contributed by atoms with E-state index < -0.39 is 0 Å². The zero-order valence-electron chi connectivity index (χ0n) is 37.4. The van der Waals surface area contributed by atoms with E-state index in [1.54, 1.807) is 0 Å². The van der Waals surface area contributed by atoms with E-state index in [0.29, 0.717) is 0 Å². The van der Waals surface area contributed by atoms with Crippen LogP contribution in [0.3, 0.4) is 0 Å². The van der Waals surface area contributed by atoms with Crippen molar-refractivity contribution >= 4 is 39.8 Å². The Morgan fingerprint density at radius 2 is 0.687 bits per heavy atom. The molecular formula is C62H47N5.